The van der Waals surface area contributed by atoms with Gasteiger partial charge >= 0.3 is 0 Å². The first-order chi connectivity index (χ1) is 6.77. The Morgan fingerprint density at radius 2 is 2.36 bits per heavy atom. The zero-order chi connectivity index (χ0) is 9.97. The summed E-state index contributed by atoms with van der Waals surface area (Å²) < 4.78 is 0. The fourth-order valence-electron chi connectivity index (χ4n) is 1.30. The van der Waals surface area contributed by atoms with E-state index in [1.807, 2.05) is 12.1 Å². The number of pyridine rings is 1. The Labute approximate surface area is 80.4 Å². The smallest absolute Gasteiger partial charge is 0.241 e. The van der Waals surface area contributed by atoms with E-state index in [0.29, 0.717) is 0 Å². The SMILES string of the molecule is NC(=O)C=Cc1ccnc2[nH]ccc12. The van der Waals surface area contributed by atoms with Crippen LogP contribution in [0.3, 0.4) is 0 Å². The average molecular weight is 187 g/mol. The zero-order valence-electron chi connectivity index (χ0n) is 7.40. The monoisotopic (exact) mass is 187 g/mol. The predicted octanol–water partition coefficient (Wildman–Crippen LogP) is 1.06. The van der Waals surface area contributed by atoms with Crippen LogP contribution >= 0.6 is 0 Å². The minimum absolute atomic E-state index is 0.453. The van der Waals surface area contributed by atoms with Crippen molar-refractivity contribution in [2.24, 2.45) is 5.73 Å². The highest BCUT2D eigenvalue weighted by molar-refractivity contribution is 5.94. The molecule has 0 aliphatic carbocycles. The molecule has 14 heavy (non-hydrogen) atoms. The van der Waals surface area contributed by atoms with E-state index in [4.69, 9.17) is 5.73 Å². The van der Waals surface area contributed by atoms with Gasteiger partial charge in [-0.1, -0.05) is 0 Å². The maximum Gasteiger partial charge on any atom is 0.241 e. The Morgan fingerprint density at radius 1 is 1.50 bits per heavy atom. The minimum atomic E-state index is -0.453. The molecule has 2 aromatic heterocycles. The zero-order valence-corrected chi connectivity index (χ0v) is 7.40. The van der Waals surface area contributed by atoms with E-state index in [9.17, 15) is 4.79 Å². The quantitative estimate of drug-likeness (QED) is 0.690. The van der Waals surface area contributed by atoms with E-state index in [0.717, 1.165) is 16.6 Å². The van der Waals surface area contributed by atoms with Crippen LogP contribution in [0.5, 0.6) is 0 Å². The van der Waals surface area contributed by atoms with Crippen LogP contribution in [0.2, 0.25) is 0 Å². The van der Waals surface area contributed by atoms with Gasteiger partial charge < -0.3 is 10.7 Å². The van der Waals surface area contributed by atoms with Crippen molar-refractivity contribution in [1.29, 1.82) is 0 Å². The van der Waals surface area contributed by atoms with Crippen LogP contribution in [0.1, 0.15) is 5.56 Å². The lowest BCUT2D eigenvalue weighted by atomic mass is 10.2. The van der Waals surface area contributed by atoms with Crippen molar-refractivity contribution >= 4 is 23.0 Å². The molecule has 2 aromatic rings. The number of hydrogen-bond acceptors (Lipinski definition) is 2. The number of nitrogens with one attached hydrogen (secondary N) is 1. The number of aromatic amines is 1. The van der Waals surface area contributed by atoms with Crippen LogP contribution in [-0.4, -0.2) is 15.9 Å². The van der Waals surface area contributed by atoms with Crippen molar-refractivity contribution in [3.8, 4) is 0 Å². The Hall–Kier alpha value is -2.10. The highest BCUT2D eigenvalue weighted by Crippen LogP contribution is 2.15. The van der Waals surface area contributed by atoms with Gasteiger partial charge in [-0.25, -0.2) is 4.98 Å². The number of fused-ring (bicyclic) bond motifs is 1. The number of rotatable bonds is 2. The summed E-state index contributed by atoms with van der Waals surface area (Å²) in [7, 11) is 0. The van der Waals surface area contributed by atoms with E-state index in [1.165, 1.54) is 6.08 Å². The normalized spacial score (nSPS) is 11.1. The molecule has 1 amide bonds. The highest BCUT2D eigenvalue weighted by Gasteiger charge is 1.98. The van der Waals surface area contributed by atoms with Gasteiger partial charge in [0.15, 0.2) is 0 Å². The average Bonchev–Trinajstić information content (AvgIpc) is 2.62. The van der Waals surface area contributed by atoms with Crippen molar-refractivity contribution < 1.29 is 4.79 Å². The van der Waals surface area contributed by atoms with Gasteiger partial charge in [-0.05, 0) is 23.8 Å². The molecule has 0 bridgehead atoms. The number of aromatic nitrogens is 2. The lowest BCUT2D eigenvalue weighted by molar-refractivity contribution is -0.113. The van der Waals surface area contributed by atoms with Gasteiger partial charge in [-0.2, -0.15) is 0 Å². The number of primary amides is 1. The van der Waals surface area contributed by atoms with Gasteiger partial charge in [-0.3, -0.25) is 4.79 Å². The summed E-state index contributed by atoms with van der Waals surface area (Å²) >= 11 is 0. The minimum Gasteiger partial charge on any atom is -0.366 e. The molecule has 2 heterocycles. The largest absolute Gasteiger partial charge is 0.366 e. The lowest BCUT2D eigenvalue weighted by Gasteiger charge is -1.94. The van der Waals surface area contributed by atoms with Crippen LogP contribution in [0.4, 0.5) is 0 Å². The second-order valence-electron chi connectivity index (χ2n) is 2.88. The van der Waals surface area contributed by atoms with Crippen molar-refractivity contribution in [3.63, 3.8) is 0 Å². The summed E-state index contributed by atoms with van der Waals surface area (Å²) in [5.41, 5.74) is 6.74. The highest BCUT2D eigenvalue weighted by atomic mass is 16.1. The van der Waals surface area contributed by atoms with E-state index in [2.05, 4.69) is 9.97 Å². The van der Waals surface area contributed by atoms with Gasteiger partial charge in [-0.15, -0.1) is 0 Å². The lowest BCUT2D eigenvalue weighted by Crippen LogP contribution is -2.05. The molecule has 0 radical (unpaired) electrons. The first kappa shape index (κ1) is 8.50. The fraction of sp³-hybridized carbons (Fsp3) is 0. The first-order valence-corrected chi connectivity index (χ1v) is 4.17. The summed E-state index contributed by atoms with van der Waals surface area (Å²) in [5, 5.41) is 0.977. The molecule has 3 N–H and O–H groups in total. The molecule has 0 atom stereocenters. The Morgan fingerprint density at radius 3 is 3.14 bits per heavy atom. The third-order valence-electron chi connectivity index (χ3n) is 1.92. The first-order valence-electron chi connectivity index (χ1n) is 4.17. The molecule has 4 nitrogen and oxygen atoms in total. The Bertz CT molecular complexity index is 499. The summed E-state index contributed by atoms with van der Waals surface area (Å²) in [4.78, 5) is 17.7. The standard InChI is InChI=1S/C10H9N3O/c11-9(14)2-1-7-3-5-12-10-8(7)4-6-13-10/h1-6H,(H2,11,14)(H,12,13). The van der Waals surface area contributed by atoms with Gasteiger partial charge in [0.05, 0.1) is 0 Å². The second kappa shape index (κ2) is 3.33. The van der Waals surface area contributed by atoms with E-state index in [1.54, 1.807) is 18.5 Å². The molecule has 70 valence electrons. The molecule has 0 aliphatic heterocycles. The van der Waals surface area contributed by atoms with Gasteiger partial charge in [0.1, 0.15) is 5.65 Å². The van der Waals surface area contributed by atoms with Crippen molar-refractivity contribution in [1.82, 2.24) is 9.97 Å². The number of nitrogens with zero attached hydrogens (tertiary/aromatic N) is 1. The molecular weight excluding hydrogens is 178 g/mol. The van der Waals surface area contributed by atoms with Crippen molar-refractivity contribution in [3.05, 3.63) is 36.2 Å². The molecule has 2 rings (SSSR count). The third kappa shape index (κ3) is 1.50. The van der Waals surface area contributed by atoms with E-state index < -0.39 is 5.91 Å². The molecule has 0 spiro atoms. The van der Waals surface area contributed by atoms with Crippen molar-refractivity contribution in [2.75, 3.05) is 0 Å². The maximum atomic E-state index is 10.6. The maximum absolute atomic E-state index is 10.6. The molecular formula is C10H9N3O. The van der Waals surface area contributed by atoms with Crippen LogP contribution in [-0.2, 0) is 4.79 Å². The topological polar surface area (TPSA) is 71.8 Å². The van der Waals surface area contributed by atoms with Gasteiger partial charge in [0.2, 0.25) is 5.91 Å². The van der Waals surface area contributed by atoms with Crippen LogP contribution in [0.15, 0.2) is 30.6 Å². The van der Waals surface area contributed by atoms with Gasteiger partial charge in [0.25, 0.3) is 0 Å². The molecule has 0 saturated heterocycles. The number of H-pyrrole nitrogens is 1. The molecule has 0 saturated carbocycles. The summed E-state index contributed by atoms with van der Waals surface area (Å²) in [6, 6.07) is 3.73. The van der Waals surface area contributed by atoms with E-state index >= 15 is 0 Å². The number of nitrogens with two attached hydrogens (primary N) is 1. The van der Waals surface area contributed by atoms with Crippen LogP contribution in [0.25, 0.3) is 17.1 Å². The Balaban J connectivity index is 2.51. The van der Waals surface area contributed by atoms with Gasteiger partial charge in [0, 0.05) is 23.9 Å². The summed E-state index contributed by atoms with van der Waals surface area (Å²) in [5.74, 6) is -0.453. The molecule has 0 unspecified atom stereocenters. The van der Waals surface area contributed by atoms with E-state index in [-0.39, 0.29) is 0 Å². The van der Waals surface area contributed by atoms with Crippen molar-refractivity contribution in [2.45, 2.75) is 0 Å². The third-order valence-corrected chi connectivity index (χ3v) is 1.92. The summed E-state index contributed by atoms with van der Waals surface area (Å²) in [6.07, 6.45) is 6.50. The Kier molecular flexibility index (Phi) is 2.02. The predicted molar refractivity (Wildman–Crippen MR) is 54.3 cm³/mol. The molecule has 4 heteroatoms. The number of amides is 1. The fourth-order valence-corrected chi connectivity index (χ4v) is 1.30. The summed E-state index contributed by atoms with van der Waals surface area (Å²) in [6.45, 7) is 0. The number of hydrogen-bond donors (Lipinski definition) is 2. The molecule has 0 aliphatic rings. The molecule has 0 fully saturated rings. The number of carbonyl (C=O) groups is 1. The second-order valence-corrected chi connectivity index (χ2v) is 2.88. The van der Waals surface area contributed by atoms with Crippen LogP contribution in [0, 0.1) is 0 Å². The molecule has 0 aromatic carbocycles. The number of carbonyl (C=O) groups excluding carboxylic acids is 1. The van der Waals surface area contributed by atoms with Crippen LogP contribution < -0.4 is 5.73 Å².